The third-order valence-corrected chi connectivity index (χ3v) is 5.66. The van der Waals surface area contributed by atoms with Gasteiger partial charge in [-0.1, -0.05) is 20.3 Å². The molecule has 1 aliphatic rings. The molecule has 7 nitrogen and oxygen atoms in total. The van der Waals surface area contributed by atoms with E-state index >= 15 is 0 Å². The molecule has 0 spiro atoms. The maximum atomic E-state index is 11.7. The van der Waals surface area contributed by atoms with Gasteiger partial charge in [-0.2, -0.15) is 0 Å². The Bertz CT molecular complexity index is 543. The molecule has 2 rings (SSSR count). The van der Waals surface area contributed by atoms with Crippen LogP contribution < -0.4 is 0 Å². The van der Waals surface area contributed by atoms with Crippen LogP contribution in [0.15, 0.2) is 0 Å². The van der Waals surface area contributed by atoms with E-state index in [1.54, 1.807) is 0 Å². The Morgan fingerprint density at radius 1 is 1.33 bits per heavy atom. The number of sulfone groups is 1. The SMILES string of the molecule is CCCCn1nnnc1CN(CCC)C1CCS(=O)(=O)C1. The molecule has 0 aromatic carbocycles. The van der Waals surface area contributed by atoms with E-state index in [4.69, 9.17) is 0 Å². The van der Waals surface area contributed by atoms with Crippen molar-refractivity contribution in [3.8, 4) is 0 Å². The lowest BCUT2D eigenvalue weighted by Gasteiger charge is -2.26. The van der Waals surface area contributed by atoms with Crippen molar-refractivity contribution in [3.05, 3.63) is 5.82 Å². The van der Waals surface area contributed by atoms with Gasteiger partial charge in [-0.15, -0.1) is 5.10 Å². The lowest BCUT2D eigenvalue weighted by Crippen LogP contribution is -2.37. The highest BCUT2D eigenvalue weighted by molar-refractivity contribution is 7.91. The van der Waals surface area contributed by atoms with Gasteiger partial charge in [0.1, 0.15) is 0 Å². The normalized spacial score (nSPS) is 21.2. The average molecular weight is 315 g/mol. The van der Waals surface area contributed by atoms with Crippen molar-refractivity contribution >= 4 is 9.84 Å². The van der Waals surface area contributed by atoms with E-state index in [-0.39, 0.29) is 11.8 Å². The van der Waals surface area contributed by atoms with Crippen LogP contribution in [0.2, 0.25) is 0 Å². The molecule has 8 heteroatoms. The van der Waals surface area contributed by atoms with Gasteiger partial charge in [-0.3, -0.25) is 4.90 Å². The number of hydrogen-bond donors (Lipinski definition) is 0. The minimum atomic E-state index is -2.86. The van der Waals surface area contributed by atoms with Gasteiger partial charge in [-0.25, -0.2) is 13.1 Å². The molecule has 1 aromatic rings. The molecule has 1 aliphatic heterocycles. The Balaban J connectivity index is 2.04. The summed E-state index contributed by atoms with van der Waals surface area (Å²) in [6.07, 6.45) is 3.86. The Morgan fingerprint density at radius 2 is 2.14 bits per heavy atom. The zero-order valence-electron chi connectivity index (χ0n) is 12.9. The summed E-state index contributed by atoms with van der Waals surface area (Å²) in [4.78, 5) is 2.22. The third kappa shape index (κ3) is 4.47. The molecule has 120 valence electrons. The lowest BCUT2D eigenvalue weighted by atomic mass is 10.2. The van der Waals surface area contributed by atoms with Crippen molar-refractivity contribution in [1.82, 2.24) is 25.1 Å². The predicted octanol–water partition coefficient (Wildman–Crippen LogP) is 0.872. The Labute approximate surface area is 126 Å². The van der Waals surface area contributed by atoms with Crippen LogP contribution in [0.4, 0.5) is 0 Å². The molecule has 0 saturated carbocycles. The van der Waals surface area contributed by atoms with Gasteiger partial charge in [-0.05, 0) is 36.2 Å². The van der Waals surface area contributed by atoms with Crippen molar-refractivity contribution in [3.63, 3.8) is 0 Å². The summed E-state index contributed by atoms with van der Waals surface area (Å²) >= 11 is 0. The predicted molar refractivity (Wildman–Crippen MR) is 80.5 cm³/mol. The van der Waals surface area contributed by atoms with Gasteiger partial charge >= 0.3 is 0 Å². The molecular formula is C13H25N5O2S. The van der Waals surface area contributed by atoms with Crippen molar-refractivity contribution in [1.29, 1.82) is 0 Å². The number of hydrogen-bond acceptors (Lipinski definition) is 6. The van der Waals surface area contributed by atoms with Gasteiger partial charge < -0.3 is 0 Å². The fourth-order valence-electron chi connectivity index (χ4n) is 2.74. The quantitative estimate of drug-likeness (QED) is 0.708. The van der Waals surface area contributed by atoms with Crippen LogP contribution in [-0.2, 0) is 22.9 Å². The van der Waals surface area contributed by atoms with Crippen LogP contribution in [0.25, 0.3) is 0 Å². The Kier molecular flexibility index (Phi) is 5.69. The lowest BCUT2D eigenvalue weighted by molar-refractivity contribution is 0.195. The summed E-state index contributed by atoms with van der Waals surface area (Å²) in [5.74, 6) is 1.41. The first-order valence-electron chi connectivity index (χ1n) is 7.75. The molecule has 1 saturated heterocycles. The van der Waals surface area contributed by atoms with E-state index in [0.29, 0.717) is 12.3 Å². The van der Waals surface area contributed by atoms with Crippen LogP contribution >= 0.6 is 0 Å². The molecular weight excluding hydrogens is 290 g/mol. The first-order valence-corrected chi connectivity index (χ1v) is 9.57. The van der Waals surface area contributed by atoms with E-state index in [0.717, 1.165) is 44.6 Å². The first-order chi connectivity index (χ1) is 10.1. The minimum Gasteiger partial charge on any atom is -0.292 e. The molecule has 1 unspecified atom stereocenters. The van der Waals surface area contributed by atoms with Gasteiger partial charge in [0.2, 0.25) is 0 Å². The van der Waals surface area contributed by atoms with E-state index in [1.165, 1.54) is 0 Å². The summed E-state index contributed by atoms with van der Waals surface area (Å²) < 4.78 is 25.2. The summed E-state index contributed by atoms with van der Waals surface area (Å²) in [5.41, 5.74) is 0. The first kappa shape index (κ1) is 16.4. The highest BCUT2D eigenvalue weighted by Gasteiger charge is 2.32. The number of aryl methyl sites for hydroxylation is 1. The van der Waals surface area contributed by atoms with Crippen molar-refractivity contribution in [2.75, 3.05) is 18.1 Å². The Morgan fingerprint density at radius 3 is 2.76 bits per heavy atom. The number of aromatic nitrogens is 4. The van der Waals surface area contributed by atoms with E-state index < -0.39 is 9.84 Å². The fourth-order valence-corrected chi connectivity index (χ4v) is 4.50. The molecule has 0 N–H and O–H groups in total. The largest absolute Gasteiger partial charge is 0.292 e. The Hall–Kier alpha value is -1.02. The van der Waals surface area contributed by atoms with Gasteiger partial charge in [0.15, 0.2) is 15.7 Å². The molecule has 0 amide bonds. The number of tetrazole rings is 1. The molecule has 21 heavy (non-hydrogen) atoms. The van der Waals surface area contributed by atoms with Crippen molar-refractivity contribution in [2.24, 2.45) is 0 Å². The monoisotopic (exact) mass is 315 g/mol. The van der Waals surface area contributed by atoms with Crippen LogP contribution in [0.3, 0.4) is 0 Å². The molecule has 1 fully saturated rings. The van der Waals surface area contributed by atoms with Crippen molar-refractivity contribution < 1.29 is 8.42 Å². The second kappa shape index (κ2) is 7.31. The van der Waals surface area contributed by atoms with Gasteiger partial charge in [0.05, 0.1) is 18.1 Å². The maximum Gasteiger partial charge on any atom is 0.165 e. The summed E-state index contributed by atoms with van der Waals surface area (Å²) in [5, 5.41) is 11.9. The number of unbranched alkanes of at least 4 members (excludes halogenated alkanes) is 1. The van der Waals surface area contributed by atoms with E-state index in [2.05, 4.69) is 34.3 Å². The molecule has 0 bridgehead atoms. The fraction of sp³-hybridized carbons (Fsp3) is 0.923. The summed E-state index contributed by atoms with van der Waals surface area (Å²) in [6.45, 7) is 6.57. The van der Waals surface area contributed by atoms with E-state index in [1.807, 2.05) is 4.68 Å². The van der Waals surface area contributed by atoms with Crippen LogP contribution in [0.1, 0.15) is 45.4 Å². The van der Waals surface area contributed by atoms with Gasteiger partial charge in [0, 0.05) is 12.6 Å². The second-order valence-electron chi connectivity index (χ2n) is 5.70. The zero-order chi connectivity index (χ0) is 15.3. The second-order valence-corrected chi connectivity index (χ2v) is 7.93. The van der Waals surface area contributed by atoms with E-state index in [9.17, 15) is 8.42 Å². The minimum absolute atomic E-state index is 0.103. The molecule has 1 aromatic heterocycles. The van der Waals surface area contributed by atoms with Crippen LogP contribution in [0.5, 0.6) is 0 Å². The molecule has 0 radical (unpaired) electrons. The average Bonchev–Trinajstić information content (AvgIpc) is 3.02. The standard InChI is InChI=1S/C13H25N5O2S/c1-3-5-8-18-13(14-15-16-18)10-17(7-4-2)12-6-9-21(19,20)11-12/h12H,3-11H2,1-2H3. The summed E-state index contributed by atoms with van der Waals surface area (Å²) in [6, 6.07) is 0.103. The van der Waals surface area contributed by atoms with Crippen LogP contribution in [0, 0.1) is 0 Å². The highest BCUT2D eigenvalue weighted by atomic mass is 32.2. The van der Waals surface area contributed by atoms with Crippen LogP contribution in [-0.4, -0.2) is 57.6 Å². The highest BCUT2D eigenvalue weighted by Crippen LogP contribution is 2.19. The third-order valence-electron chi connectivity index (χ3n) is 3.91. The molecule has 0 aliphatic carbocycles. The van der Waals surface area contributed by atoms with Crippen molar-refractivity contribution in [2.45, 2.75) is 58.7 Å². The molecule has 1 atom stereocenters. The van der Waals surface area contributed by atoms with Gasteiger partial charge in [0.25, 0.3) is 0 Å². The summed E-state index contributed by atoms with van der Waals surface area (Å²) in [7, 11) is -2.86. The number of rotatable bonds is 8. The maximum absolute atomic E-state index is 11.7. The smallest absolute Gasteiger partial charge is 0.165 e. The topological polar surface area (TPSA) is 81.0 Å². The molecule has 2 heterocycles. The number of nitrogens with zero attached hydrogens (tertiary/aromatic N) is 5. The zero-order valence-corrected chi connectivity index (χ0v) is 13.7.